The van der Waals surface area contributed by atoms with Gasteiger partial charge in [-0.25, -0.2) is 0 Å². The minimum atomic E-state index is -0.855. The third kappa shape index (κ3) is 3.37. The lowest BCUT2D eigenvalue weighted by atomic mass is 9.99. The molecular formula is C15H16O4S. The number of carbonyl (C=O) groups is 1. The summed E-state index contributed by atoms with van der Waals surface area (Å²) >= 11 is 1.60. The van der Waals surface area contributed by atoms with Crippen molar-refractivity contribution in [2.75, 3.05) is 14.2 Å². The Labute approximate surface area is 121 Å². The van der Waals surface area contributed by atoms with E-state index >= 15 is 0 Å². The molecule has 0 fully saturated rings. The van der Waals surface area contributed by atoms with Crippen LogP contribution in [0.1, 0.15) is 10.4 Å². The molecule has 4 nitrogen and oxygen atoms in total. The predicted molar refractivity (Wildman–Crippen MR) is 78.4 cm³/mol. The van der Waals surface area contributed by atoms with E-state index in [1.165, 1.54) is 0 Å². The third-order valence-corrected chi connectivity index (χ3v) is 3.82. The number of ether oxygens (including phenoxy) is 2. The largest absolute Gasteiger partial charge is 0.497 e. The number of methoxy groups -OCH3 is 2. The Kier molecular flexibility index (Phi) is 4.76. The summed E-state index contributed by atoms with van der Waals surface area (Å²) in [6.45, 7) is 0.565. The fourth-order valence-electron chi connectivity index (χ4n) is 2.03. The number of benzene rings is 1. The summed E-state index contributed by atoms with van der Waals surface area (Å²) in [6, 6.07) is 7.54. The summed E-state index contributed by atoms with van der Waals surface area (Å²) < 4.78 is 10.3. The molecule has 1 aromatic heterocycles. The molecule has 0 radical (unpaired) electrons. The minimum Gasteiger partial charge on any atom is -0.497 e. The van der Waals surface area contributed by atoms with Crippen molar-refractivity contribution in [3.05, 3.63) is 40.1 Å². The zero-order chi connectivity index (χ0) is 14.5. The SMILES string of the molecule is COCc1cc(-c2ccc(OC)cc2CC(=O)O)cs1. The lowest BCUT2D eigenvalue weighted by Gasteiger charge is -2.09. The standard InChI is InChI=1S/C15H16O4S/c1-18-8-13-6-11(9-20-13)14-4-3-12(19-2)5-10(14)7-15(16)17/h3-6,9H,7-8H2,1-2H3,(H,16,17). The van der Waals surface area contributed by atoms with Crippen LogP contribution in [0.5, 0.6) is 5.75 Å². The molecule has 0 unspecified atom stereocenters. The smallest absolute Gasteiger partial charge is 0.307 e. The van der Waals surface area contributed by atoms with Crippen LogP contribution in [0.25, 0.3) is 11.1 Å². The van der Waals surface area contributed by atoms with E-state index in [-0.39, 0.29) is 6.42 Å². The number of carboxylic acid groups (broad SMARTS) is 1. The van der Waals surface area contributed by atoms with Crippen LogP contribution in [0, 0.1) is 0 Å². The van der Waals surface area contributed by atoms with E-state index in [9.17, 15) is 4.79 Å². The Morgan fingerprint density at radius 1 is 1.30 bits per heavy atom. The van der Waals surface area contributed by atoms with E-state index in [2.05, 4.69) is 0 Å². The molecule has 0 saturated carbocycles. The topological polar surface area (TPSA) is 55.8 Å². The Hall–Kier alpha value is -1.85. The summed E-state index contributed by atoms with van der Waals surface area (Å²) in [6.07, 6.45) is -0.0258. The average molecular weight is 292 g/mol. The molecule has 1 aromatic carbocycles. The van der Waals surface area contributed by atoms with Crippen LogP contribution in [-0.4, -0.2) is 25.3 Å². The molecule has 0 saturated heterocycles. The molecule has 5 heteroatoms. The van der Waals surface area contributed by atoms with Gasteiger partial charge in [0.1, 0.15) is 5.75 Å². The second-order valence-electron chi connectivity index (χ2n) is 4.33. The molecule has 0 amide bonds. The monoisotopic (exact) mass is 292 g/mol. The van der Waals surface area contributed by atoms with Crippen molar-refractivity contribution in [2.24, 2.45) is 0 Å². The molecule has 0 spiro atoms. The highest BCUT2D eigenvalue weighted by molar-refractivity contribution is 7.10. The van der Waals surface area contributed by atoms with Gasteiger partial charge in [0.15, 0.2) is 0 Å². The molecule has 20 heavy (non-hydrogen) atoms. The zero-order valence-electron chi connectivity index (χ0n) is 11.4. The highest BCUT2D eigenvalue weighted by Gasteiger charge is 2.12. The van der Waals surface area contributed by atoms with E-state index < -0.39 is 5.97 Å². The van der Waals surface area contributed by atoms with E-state index in [0.717, 1.165) is 21.6 Å². The number of hydrogen-bond donors (Lipinski definition) is 1. The Morgan fingerprint density at radius 2 is 2.10 bits per heavy atom. The fraction of sp³-hybridized carbons (Fsp3) is 0.267. The molecule has 2 rings (SSSR count). The van der Waals surface area contributed by atoms with Crippen molar-refractivity contribution in [3.63, 3.8) is 0 Å². The van der Waals surface area contributed by atoms with Gasteiger partial charge in [-0.3, -0.25) is 4.79 Å². The maximum absolute atomic E-state index is 11.0. The molecular weight excluding hydrogens is 276 g/mol. The van der Waals surface area contributed by atoms with Gasteiger partial charge in [0.25, 0.3) is 0 Å². The zero-order valence-corrected chi connectivity index (χ0v) is 12.2. The van der Waals surface area contributed by atoms with Gasteiger partial charge < -0.3 is 14.6 Å². The summed E-state index contributed by atoms with van der Waals surface area (Å²) in [5.41, 5.74) is 2.69. The maximum Gasteiger partial charge on any atom is 0.307 e. The van der Waals surface area contributed by atoms with Gasteiger partial charge in [0, 0.05) is 12.0 Å². The van der Waals surface area contributed by atoms with Gasteiger partial charge in [-0.2, -0.15) is 0 Å². The quantitative estimate of drug-likeness (QED) is 0.888. The van der Waals surface area contributed by atoms with Crippen molar-refractivity contribution in [1.29, 1.82) is 0 Å². The number of rotatable bonds is 6. The average Bonchev–Trinajstić information content (AvgIpc) is 2.87. The summed E-state index contributed by atoms with van der Waals surface area (Å²) in [4.78, 5) is 12.1. The molecule has 0 aliphatic rings. The minimum absolute atomic E-state index is 0.0258. The van der Waals surface area contributed by atoms with E-state index in [1.807, 2.05) is 23.6 Å². The molecule has 1 heterocycles. The van der Waals surface area contributed by atoms with Gasteiger partial charge in [0.2, 0.25) is 0 Å². The van der Waals surface area contributed by atoms with Gasteiger partial charge in [-0.05, 0) is 40.3 Å². The van der Waals surface area contributed by atoms with E-state index in [4.69, 9.17) is 14.6 Å². The van der Waals surface area contributed by atoms with Crippen LogP contribution >= 0.6 is 11.3 Å². The second-order valence-corrected chi connectivity index (χ2v) is 5.32. The first kappa shape index (κ1) is 14.6. The highest BCUT2D eigenvalue weighted by Crippen LogP contribution is 2.31. The molecule has 1 N–H and O–H groups in total. The highest BCUT2D eigenvalue weighted by atomic mass is 32.1. The van der Waals surface area contributed by atoms with Crippen LogP contribution < -0.4 is 4.74 Å². The molecule has 106 valence electrons. The van der Waals surface area contributed by atoms with Crippen LogP contribution in [-0.2, 0) is 22.6 Å². The fourth-order valence-corrected chi connectivity index (χ4v) is 2.88. The van der Waals surface area contributed by atoms with Gasteiger partial charge >= 0.3 is 5.97 Å². The van der Waals surface area contributed by atoms with Crippen molar-refractivity contribution < 1.29 is 19.4 Å². The number of thiophene rings is 1. The molecule has 0 bridgehead atoms. The summed E-state index contributed by atoms with van der Waals surface area (Å²) in [5.74, 6) is -0.191. The first-order valence-electron chi connectivity index (χ1n) is 6.09. The maximum atomic E-state index is 11.0. The molecule has 0 aliphatic carbocycles. The third-order valence-electron chi connectivity index (χ3n) is 2.91. The normalized spacial score (nSPS) is 10.5. The molecule has 2 aromatic rings. The van der Waals surface area contributed by atoms with Crippen molar-refractivity contribution in [2.45, 2.75) is 13.0 Å². The van der Waals surface area contributed by atoms with Crippen molar-refractivity contribution in [1.82, 2.24) is 0 Å². The molecule has 0 atom stereocenters. The summed E-state index contributed by atoms with van der Waals surface area (Å²) in [5, 5.41) is 11.0. The number of hydrogen-bond acceptors (Lipinski definition) is 4. The van der Waals surface area contributed by atoms with Gasteiger partial charge in [-0.1, -0.05) is 6.07 Å². The van der Waals surface area contributed by atoms with E-state index in [1.54, 1.807) is 31.6 Å². The first-order valence-corrected chi connectivity index (χ1v) is 6.97. The molecule has 0 aliphatic heterocycles. The number of carboxylic acids is 1. The Morgan fingerprint density at radius 3 is 2.75 bits per heavy atom. The number of aliphatic carboxylic acids is 1. The Bertz CT molecular complexity index is 604. The summed E-state index contributed by atoms with van der Waals surface area (Å²) in [7, 11) is 3.23. The lowest BCUT2D eigenvalue weighted by molar-refractivity contribution is -0.136. The van der Waals surface area contributed by atoms with Crippen molar-refractivity contribution >= 4 is 17.3 Å². The Balaban J connectivity index is 2.40. The van der Waals surface area contributed by atoms with Gasteiger partial charge in [0.05, 0.1) is 20.1 Å². The van der Waals surface area contributed by atoms with Gasteiger partial charge in [-0.15, -0.1) is 11.3 Å². The first-order chi connectivity index (χ1) is 9.63. The van der Waals surface area contributed by atoms with Crippen LogP contribution in [0.2, 0.25) is 0 Å². The van der Waals surface area contributed by atoms with Crippen LogP contribution in [0.3, 0.4) is 0 Å². The second kappa shape index (κ2) is 6.54. The van der Waals surface area contributed by atoms with Crippen LogP contribution in [0.4, 0.5) is 0 Å². The van der Waals surface area contributed by atoms with E-state index in [0.29, 0.717) is 12.4 Å². The predicted octanol–water partition coefficient (Wildman–Crippen LogP) is 3.20. The van der Waals surface area contributed by atoms with Crippen LogP contribution in [0.15, 0.2) is 29.6 Å². The lowest BCUT2D eigenvalue weighted by Crippen LogP contribution is -2.02. The van der Waals surface area contributed by atoms with Crippen molar-refractivity contribution in [3.8, 4) is 16.9 Å².